The van der Waals surface area contributed by atoms with Crippen LogP contribution in [-0.2, 0) is 34.0 Å². The molecule has 1 heterocycles. The van der Waals surface area contributed by atoms with E-state index in [-0.39, 0.29) is 19.0 Å². The number of carbonyl (C=O) groups is 2. The van der Waals surface area contributed by atoms with E-state index in [9.17, 15) is 23.5 Å². The summed E-state index contributed by atoms with van der Waals surface area (Å²) in [6, 6.07) is 16.1. The molecule has 1 amide bonds. The van der Waals surface area contributed by atoms with Crippen molar-refractivity contribution in [1.82, 2.24) is 14.9 Å². The van der Waals surface area contributed by atoms with Crippen LogP contribution < -0.4 is 5.32 Å². The number of aliphatic hydroxyl groups excluding tert-OH is 1. The number of methoxy groups -OCH3 is 1. The molecular formula is C32H33F2N3O5S. The van der Waals surface area contributed by atoms with Gasteiger partial charge in [-0.15, -0.1) is 0 Å². The second-order valence-corrected chi connectivity index (χ2v) is 10.7. The lowest BCUT2D eigenvalue weighted by molar-refractivity contribution is -0.142. The maximum absolute atomic E-state index is 13.8. The number of imidazole rings is 1. The number of amides is 1. The van der Waals surface area contributed by atoms with Gasteiger partial charge in [-0.05, 0) is 77.1 Å². The number of halogens is 2. The minimum atomic E-state index is -0.822. The van der Waals surface area contributed by atoms with Gasteiger partial charge in [0, 0.05) is 18.0 Å². The molecule has 11 heteroatoms. The number of ether oxygens (including phenoxy) is 2. The number of rotatable bonds is 14. The molecule has 0 aliphatic rings. The zero-order valence-electron chi connectivity index (χ0n) is 23.8. The Hall–Kier alpha value is -4.06. The molecule has 43 heavy (non-hydrogen) atoms. The van der Waals surface area contributed by atoms with Crippen LogP contribution in [0.2, 0.25) is 0 Å². The Morgan fingerprint density at radius 2 is 1.74 bits per heavy atom. The summed E-state index contributed by atoms with van der Waals surface area (Å²) >= 11 is 1.55. The molecule has 0 radical (unpaired) electrons. The lowest BCUT2D eigenvalue weighted by atomic mass is 9.96. The number of nitrogens with zero attached hydrogens (tertiary/aromatic N) is 2. The third-order valence-corrected chi connectivity index (χ3v) is 7.53. The molecule has 4 rings (SSSR count). The summed E-state index contributed by atoms with van der Waals surface area (Å²) in [6.45, 7) is 0.194. The number of aromatic nitrogens is 2. The molecule has 0 spiro atoms. The van der Waals surface area contributed by atoms with E-state index < -0.39 is 29.8 Å². The average molecular weight is 610 g/mol. The second kappa shape index (κ2) is 15.4. The van der Waals surface area contributed by atoms with Crippen molar-refractivity contribution < 1.29 is 33.0 Å². The van der Waals surface area contributed by atoms with Crippen molar-refractivity contribution in [2.45, 2.75) is 38.3 Å². The summed E-state index contributed by atoms with van der Waals surface area (Å²) in [6.07, 6.45) is 5.10. The van der Waals surface area contributed by atoms with Gasteiger partial charge < -0.3 is 24.5 Å². The molecule has 2 atom stereocenters. The number of thioether (sulfide) groups is 1. The normalized spacial score (nSPS) is 12.5. The first kappa shape index (κ1) is 31.9. The second-order valence-electron chi connectivity index (χ2n) is 9.72. The van der Waals surface area contributed by atoms with Crippen molar-refractivity contribution in [3.05, 3.63) is 113 Å². The minimum absolute atomic E-state index is 0.125. The molecule has 0 aliphatic heterocycles. The molecule has 0 fully saturated rings. The molecule has 0 aliphatic carbocycles. The number of aliphatic hydroxyl groups is 1. The van der Waals surface area contributed by atoms with Crippen molar-refractivity contribution in [1.29, 1.82) is 0 Å². The Labute approximate surface area is 253 Å². The summed E-state index contributed by atoms with van der Waals surface area (Å²) in [4.78, 5) is 29.9. The number of hydrogen-bond donors (Lipinski definition) is 2. The minimum Gasteiger partial charge on any atom is -0.467 e. The van der Waals surface area contributed by atoms with Gasteiger partial charge in [-0.25, -0.2) is 18.6 Å². The molecular weight excluding hydrogens is 576 g/mol. The van der Waals surface area contributed by atoms with Gasteiger partial charge in [0.05, 0.1) is 20.3 Å². The van der Waals surface area contributed by atoms with Crippen molar-refractivity contribution >= 4 is 23.6 Å². The van der Waals surface area contributed by atoms with Crippen molar-refractivity contribution in [3.63, 3.8) is 0 Å². The van der Waals surface area contributed by atoms with Crippen LogP contribution in [0.25, 0.3) is 11.1 Å². The van der Waals surface area contributed by atoms with Crippen LogP contribution >= 0.6 is 11.8 Å². The van der Waals surface area contributed by atoms with E-state index >= 15 is 0 Å². The molecule has 0 bridgehead atoms. The van der Waals surface area contributed by atoms with Crippen molar-refractivity contribution in [2.75, 3.05) is 19.1 Å². The fourth-order valence-corrected chi connectivity index (χ4v) is 5.05. The summed E-state index contributed by atoms with van der Waals surface area (Å²) in [5, 5.41) is 12.4. The Bertz CT molecular complexity index is 1510. The predicted molar refractivity (Wildman–Crippen MR) is 160 cm³/mol. The summed E-state index contributed by atoms with van der Waals surface area (Å²) < 4.78 is 40.4. The van der Waals surface area contributed by atoms with E-state index in [0.717, 1.165) is 11.1 Å². The number of benzene rings is 3. The molecule has 1 aromatic heterocycles. The highest BCUT2D eigenvalue weighted by atomic mass is 32.2. The summed E-state index contributed by atoms with van der Waals surface area (Å²) in [7, 11) is 1.27. The van der Waals surface area contributed by atoms with E-state index in [4.69, 9.17) is 9.47 Å². The summed E-state index contributed by atoms with van der Waals surface area (Å²) in [5.74, 6) is -0.681. The molecule has 0 saturated carbocycles. The van der Waals surface area contributed by atoms with Gasteiger partial charge in [-0.2, -0.15) is 11.8 Å². The molecule has 8 nitrogen and oxygen atoms in total. The van der Waals surface area contributed by atoms with Crippen molar-refractivity contribution in [2.24, 2.45) is 0 Å². The van der Waals surface area contributed by atoms with Gasteiger partial charge in [-0.3, -0.25) is 4.79 Å². The van der Waals surface area contributed by atoms with Gasteiger partial charge in [0.2, 0.25) is 0 Å². The van der Waals surface area contributed by atoms with Crippen molar-refractivity contribution in [3.8, 4) is 11.1 Å². The smallest absolute Gasteiger partial charge is 0.328 e. The number of nitrogens with one attached hydrogen (secondary N) is 1. The van der Waals surface area contributed by atoms with Crippen LogP contribution in [0.15, 0.2) is 79.1 Å². The van der Waals surface area contributed by atoms with Gasteiger partial charge in [-0.1, -0.05) is 30.3 Å². The van der Waals surface area contributed by atoms with E-state index in [0.29, 0.717) is 41.2 Å². The van der Waals surface area contributed by atoms with Crippen LogP contribution in [0.3, 0.4) is 0 Å². The Kier molecular flexibility index (Phi) is 11.4. The first-order valence-corrected chi connectivity index (χ1v) is 15.0. The average Bonchev–Trinajstić information content (AvgIpc) is 3.48. The van der Waals surface area contributed by atoms with Crippen LogP contribution in [0.5, 0.6) is 0 Å². The fourth-order valence-electron chi connectivity index (χ4n) is 4.58. The highest BCUT2D eigenvalue weighted by molar-refractivity contribution is 7.98. The van der Waals surface area contributed by atoms with Gasteiger partial charge in [0.15, 0.2) is 0 Å². The third-order valence-electron chi connectivity index (χ3n) is 6.88. The fraction of sp³-hybridized carbons (Fsp3) is 0.281. The maximum atomic E-state index is 13.8. The Balaban J connectivity index is 1.62. The zero-order valence-corrected chi connectivity index (χ0v) is 24.7. The van der Waals surface area contributed by atoms with Gasteiger partial charge >= 0.3 is 5.97 Å². The largest absolute Gasteiger partial charge is 0.467 e. The molecule has 0 saturated heterocycles. The maximum Gasteiger partial charge on any atom is 0.328 e. The van der Waals surface area contributed by atoms with Crippen LogP contribution in [0.1, 0.15) is 39.8 Å². The van der Waals surface area contributed by atoms with Crippen LogP contribution in [0.4, 0.5) is 8.78 Å². The molecule has 4 aromatic rings. The third kappa shape index (κ3) is 8.50. The van der Waals surface area contributed by atoms with E-state index in [1.807, 2.05) is 6.26 Å². The number of carbonyl (C=O) groups excluding carboxylic acids is 2. The highest BCUT2D eigenvalue weighted by Crippen LogP contribution is 2.28. The number of esters is 1. The summed E-state index contributed by atoms with van der Waals surface area (Å²) in [5.41, 5.74) is 2.89. The predicted octanol–water partition coefficient (Wildman–Crippen LogP) is 5.30. The van der Waals surface area contributed by atoms with Gasteiger partial charge in [0.25, 0.3) is 5.91 Å². The van der Waals surface area contributed by atoms with Crippen LogP contribution in [-0.4, -0.2) is 51.7 Å². The van der Waals surface area contributed by atoms with Gasteiger partial charge in [0.1, 0.15) is 36.2 Å². The first-order valence-electron chi connectivity index (χ1n) is 13.6. The lowest BCUT2D eigenvalue weighted by Gasteiger charge is -2.21. The zero-order chi connectivity index (χ0) is 30.8. The standard InChI is InChI=1S/C32H33F2N3O5S/c1-41-32(40)28(13-16-43-2)36-31(39)26-12-3-21(17-27(26)22-4-8-24(33)9-5-22)20-42-29(23-6-10-25(34)11-7-23)18-37-15-14-35-30(37)19-38/h3-12,14-15,17,28-29,38H,13,16,18-20H2,1-2H3,(H,36,39)/t28-,29?/m0/s1. The molecule has 226 valence electrons. The molecule has 1 unspecified atom stereocenters. The Morgan fingerprint density at radius 3 is 2.40 bits per heavy atom. The monoisotopic (exact) mass is 609 g/mol. The topological polar surface area (TPSA) is 103 Å². The first-order chi connectivity index (χ1) is 20.8. The molecule has 2 N–H and O–H groups in total. The molecule has 3 aromatic carbocycles. The van der Waals surface area contributed by atoms with E-state index in [1.165, 1.54) is 31.4 Å². The quantitative estimate of drug-likeness (QED) is 0.187. The van der Waals surface area contributed by atoms with Crippen LogP contribution in [0, 0.1) is 11.6 Å². The number of hydrogen-bond acceptors (Lipinski definition) is 7. The van der Waals surface area contributed by atoms with E-state index in [2.05, 4.69) is 10.3 Å². The SMILES string of the molecule is COC(=O)[C@H](CCSC)NC(=O)c1ccc(COC(Cn2ccnc2CO)c2ccc(F)cc2)cc1-c1ccc(F)cc1. The van der Waals surface area contributed by atoms with E-state index in [1.54, 1.807) is 71.2 Å². The Morgan fingerprint density at radius 1 is 1.05 bits per heavy atom. The lowest BCUT2D eigenvalue weighted by Crippen LogP contribution is -2.42. The highest BCUT2D eigenvalue weighted by Gasteiger charge is 2.24.